The predicted molar refractivity (Wildman–Crippen MR) is 251 cm³/mol. The molecule has 0 spiro atoms. The van der Waals surface area contributed by atoms with Gasteiger partial charge in [0.25, 0.3) is 0 Å². The van der Waals surface area contributed by atoms with Crippen LogP contribution in [0.4, 0.5) is 0 Å². The van der Waals surface area contributed by atoms with E-state index in [2.05, 4.69) is 41.5 Å². The Hall–Kier alpha value is -1.98. The van der Waals surface area contributed by atoms with Crippen molar-refractivity contribution < 1.29 is 28.4 Å². The molecule has 9 aliphatic rings. The molecule has 17 unspecified atom stereocenters. The Bertz CT molecular complexity index is 1640. The first-order chi connectivity index (χ1) is 30.2. The first-order valence-electron chi connectivity index (χ1n) is 26.5. The van der Waals surface area contributed by atoms with Crippen LogP contribution in [0.25, 0.3) is 0 Å². The zero-order chi connectivity index (χ0) is 42.8. The SMILES string of the molecule is CCCCC(C)COC1CCC2OC([Si](C3=NC4CC(C)CCC4O3)(C3=NC4CC(OCC(CC)CCCC)CCC4O3)C3=NC4CC(C5CCCC(C)C5)CCC4O3)=NC2C1. The van der Waals surface area contributed by atoms with Crippen molar-refractivity contribution in [3.8, 4) is 0 Å². The minimum Gasteiger partial charge on any atom is -0.478 e. The molecule has 0 aromatic rings. The van der Waals surface area contributed by atoms with Crippen LogP contribution in [0.5, 0.6) is 0 Å². The quantitative estimate of drug-likeness (QED) is 0.127. The summed E-state index contributed by atoms with van der Waals surface area (Å²) in [6.45, 7) is 15.7. The number of rotatable bonds is 18. The van der Waals surface area contributed by atoms with Gasteiger partial charge < -0.3 is 28.4 Å². The minimum atomic E-state index is -3.63. The Balaban J connectivity index is 1.05. The molecular formula is C51H84N4O6Si. The van der Waals surface area contributed by atoms with Crippen molar-refractivity contribution in [2.45, 2.75) is 250 Å². The van der Waals surface area contributed by atoms with Crippen LogP contribution in [-0.4, -0.2) is 104 Å². The van der Waals surface area contributed by atoms with E-state index < -0.39 is 8.07 Å². The first kappa shape index (κ1) is 45.2. The van der Waals surface area contributed by atoms with E-state index in [0.29, 0.717) is 23.7 Å². The van der Waals surface area contributed by atoms with Crippen LogP contribution in [0.2, 0.25) is 0 Å². The van der Waals surface area contributed by atoms with Crippen molar-refractivity contribution in [1.29, 1.82) is 0 Å². The van der Waals surface area contributed by atoms with Crippen LogP contribution in [-0.2, 0) is 28.4 Å². The second-order valence-corrected chi connectivity index (χ2v) is 25.3. The molecule has 9 rings (SSSR count). The number of aliphatic imine (C=N–C) groups is 4. The van der Waals surface area contributed by atoms with Gasteiger partial charge in [0.15, 0.2) is 22.1 Å². The molecule has 5 aliphatic carbocycles. The van der Waals surface area contributed by atoms with Crippen molar-refractivity contribution in [1.82, 2.24) is 0 Å². The van der Waals surface area contributed by atoms with Crippen LogP contribution in [0.15, 0.2) is 20.0 Å². The summed E-state index contributed by atoms with van der Waals surface area (Å²) in [7, 11) is -3.63. The Morgan fingerprint density at radius 3 is 1.58 bits per heavy atom. The fourth-order valence-electron chi connectivity index (χ4n) is 13.1. The molecule has 348 valence electrons. The van der Waals surface area contributed by atoms with Gasteiger partial charge in [0.05, 0.1) is 36.4 Å². The molecule has 0 aromatic carbocycles. The number of hydrogen-bond acceptors (Lipinski definition) is 10. The summed E-state index contributed by atoms with van der Waals surface area (Å²) in [6, 6.07) is 0.249. The summed E-state index contributed by atoms with van der Waals surface area (Å²) in [6.07, 6.45) is 26.6. The molecule has 4 aliphatic heterocycles. The zero-order valence-electron chi connectivity index (χ0n) is 39.7. The maximum Gasteiger partial charge on any atom is 0.433 e. The summed E-state index contributed by atoms with van der Waals surface area (Å²) in [4.78, 5) is 22.7. The molecule has 0 N–H and O–H groups in total. The maximum atomic E-state index is 7.33. The van der Waals surface area contributed by atoms with Crippen molar-refractivity contribution in [3.05, 3.63) is 0 Å². The van der Waals surface area contributed by atoms with E-state index in [-0.39, 0.29) is 60.8 Å². The van der Waals surface area contributed by atoms with Gasteiger partial charge in [-0.2, -0.15) is 0 Å². The summed E-state index contributed by atoms with van der Waals surface area (Å²) < 4.78 is 42.5. The van der Waals surface area contributed by atoms with Gasteiger partial charge in [-0.1, -0.05) is 92.9 Å². The lowest BCUT2D eigenvalue weighted by atomic mass is 9.69. The molecule has 5 fully saturated rings. The summed E-state index contributed by atoms with van der Waals surface area (Å²) in [5.41, 5.74) is 2.92. The van der Waals surface area contributed by atoms with Crippen LogP contribution >= 0.6 is 0 Å². The highest BCUT2D eigenvalue weighted by Crippen LogP contribution is 2.46. The number of ether oxygens (including phenoxy) is 6. The highest BCUT2D eigenvalue weighted by atomic mass is 28.3. The molecule has 0 radical (unpaired) electrons. The lowest BCUT2D eigenvalue weighted by Gasteiger charge is -2.38. The monoisotopic (exact) mass is 877 g/mol. The highest BCUT2D eigenvalue weighted by Gasteiger charge is 2.69. The minimum absolute atomic E-state index is 0.00843. The lowest BCUT2D eigenvalue weighted by Crippen LogP contribution is -2.67. The molecule has 17 atom stereocenters. The van der Waals surface area contributed by atoms with Crippen molar-refractivity contribution in [2.75, 3.05) is 13.2 Å². The average Bonchev–Trinajstić information content (AvgIpc) is 4.10. The van der Waals surface area contributed by atoms with Crippen LogP contribution < -0.4 is 0 Å². The Morgan fingerprint density at radius 2 is 1.02 bits per heavy atom. The molecule has 4 heterocycles. The molecular weight excluding hydrogens is 793 g/mol. The topological polar surface area (TPSA) is 105 Å². The van der Waals surface area contributed by atoms with E-state index in [0.717, 1.165) is 118 Å². The maximum absolute atomic E-state index is 7.33. The van der Waals surface area contributed by atoms with Crippen LogP contribution in [0.3, 0.4) is 0 Å². The van der Waals surface area contributed by atoms with E-state index in [1.807, 2.05) is 0 Å². The zero-order valence-corrected chi connectivity index (χ0v) is 40.7. The largest absolute Gasteiger partial charge is 0.478 e. The van der Waals surface area contributed by atoms with Crippen LogP contribution in [0, 0.1) is 35.5 Å². The van der Waals surface area contributed by atoms with Gasteiger partial charge in [-0.3, -0.25) is 20.0 Å². The molecule has 11 heteroatoms. The summed E-state index contributed by atoms with van der Waals surface area (Å²) >= 11 is 0. The first-order valence-corrected chi connectivity index (χ1v) is 28.5. The summed E-state index contributed by atoms with van der Waals surface area (Å²) in [5.74, 6) is 4.12. The van der Waals surface area contributed by atoms with Crippen LogP contribution in [0.1, 0.15) is 189 Å². The van der Waals surface area contributed by atoms with Crippen molar-refractivity contribution in [2.24, 2.45) is 55.5 Å². The number of nitrogens with zero attached hydrogens (tertiary/aromatic N) is 4. The molecule has 10 nitrogen and oxygen atoms in total. The highest BCUT2D eigenvalue weighted by molar-refractivity contribution is 7.53. The van der Waals surface area contributed by atoms with E-state index in [4.69, 9.17) is 48.4 Å². The van der Waals surface area contributed by atoms with Crippen molar-refractivity contribution >= 4 is 30.2 Å². The Labute approximate surface area is 376 Å². The normalized spacial score (nSPS) is 40.7. The van der Waals surface area contributed by atoms with Gasteiger partial charge in [-0.15, -0.1) is 0 Å². The lowest BCUT2D eigenvalue weighted by molar-refractivity contribution is -0.0172. The smallest absolute Gasteiger partial charge is 0.433 e. The molecule has 62 heavy (non-hydrogen) atoms. The number of unbranched alkanes of at least 4 members (excludes halogenated alkanes) is 2. The second kappa shape index (κ2) is 20.3. The fourth-order valence-corrected chi connectivity index (χ4v) is 16.9. The van der Waals surface area contributed by atoms with E-state index in [9.17, 15) is 0 Å². The molecule has 0 aromatic heterocycles. The van der Waals surface area contributed by atoms with Crippen molar-refractivity contribution in [3.63, 3.8) is 0 Å². The third-order valence-corrected chi connectivity index (χ3v) is 20.7. The number of fused-ring (bicyclic) bond motifs is 4. The van der Waals surface area contributed by atoms with Gasteiger partial charge in [-0.25, -0.2) is 0 Å². The molecule has 0 amide bonds. The predicted octanol–water partition coefficient (Wildman–Crippen LogP) is 10.9. The molecule has 5 saturated carbocycles. The van der Waals surface area contributed by atoms with E-state index in [1.54, 1.807) is 0 Å². The summed E-state index contributed by atoms with van der Waals surface area (Å²) in [5, 5.41) is 0. The van der Waals surface area contributed by atoms with Gasteiger partial charge in [0, 0.05) is 13.2 Å². The molecule has 0 bridgehead atoms. The van der Waals surface area contributed by atoms with Gasteiger partial charge in [-0.05, 0) is 132 Å². The Morgan fingerprint density at radius 1 is 0.532 bits per heavy atom. The second-order valence-electron chi connectivity index (χ2n) is 22.1. The van der Waals surface area contributed by atoms with E-state index >= 15 is 0 Å². The molecule has 0 saturated heterocycles. The fraction of sp³-hybridized carbons (Fsp3) is 0.922. The Kier molecular flexibility index (Phi) is 14.8. The van der Waals surface area contributed by atoms with Gasteiger partial charge in [0.1, 0.15) is 24.4 Å². The third-order valence-electron chi connectivity index (χ3n) is 17.1. The standard InChI is InChI=1S/C51H84N4O6Si/c1-7-10-13-34(6)30-56-38-19-23-46-42(28-38)54-50(60-46)62(48-52-40-26-33(5)17-21-44(40)58-48,49-53-41-27-37(18-22-45(41)59-49)36-16-12-14-32(4)25-36)51-55-43-29-39(20-24-47(43)61-51)57-31-35(9-3)15-11-8-2/h32-47H,7-31H2,1-6H3. The number of hydrogen-bond donors (Lipinski definition) is 0. The average molecular weight is 877 g/mol. The van der Waals surface area contributed by atoms with Gasteiger partial charge in [0.2, 0.25) is 0 Å². The third kappa shape index (κ3) is 9.62. The van der Waals surface area contributed by atoms with E-state index in [1.165, 1.54) is 77.0 Å². The van der Waals surface area contributed by atoms with Gasteiger partial charge >= 0.3 is 8.07 Å².